The number of halogens is 1. The number of aromatic nitrogens is 2. The number of rotatable bonds is 2. The van der Waals surface area contributed by atoms with Gasteiger partial charge in [-0.05, 0) is 0 Å². The SMILES string of the molecule is C=I1(c2nc3ccccc3[nH]c2=O)CC[C@H]1C(=O)O. The molecular weight excluding hydrogens is 359 g/mol. The minimum absolute atomic E-state index is 0.268. The zero-order chi connectivity index (χ0) is 13.6. The van der Waals surface area contributed by atoms with E-state index in [1.807, 2.05) is 18.2 Å². The molecule has 1 aromatic carbocycles. The fourth-order valence-electron chi connectivity index (χ4n) is 2.26. The third-order valence-electron chi connectivity index (χ3n) is 3.39. The molecule has 19 heavy (non-hydrogen) atoms. The Bertz CT molecular complexity index is 781. The molecule has 0 spiro atoms. The first-order valence-electron chi connectivity index (χ1n) is 5.80. The van der Waals surface area contributed by atoms with Crippen LogP contribution in [-0.4, -0.2) is 33.9 Å². The Kier molecular flexibility index (Phi) is 2.77. The summed E-state index contributed by atoms with van der Waals surface area (Å²) in [6, 6.07) is 7.26. The van der Waals surface area contributed by atoms with Crippen molar-refractivity contribution in [2.75, 3.05) is 4.43 Å². The van der Waals surface area contributed by atoms with Crippen molar-refractivity contribution in [1.82, 2.24) is 9.97 Å². The van der Waals surface area contributed by atoms with Gasteiger partial charge in [0.25, 0.3) is 0 Å². The van der Waals surface area contributed by atoms with Crippen LogP contribution in [0.4, 0.5) is 0 Å². The number of benzene rings is 1. The van der Waals surface area contributed by atoms with Crippen molar-refractivity contribution in [2.24, 2.45) is 0 Å². The Morgan fingerprint density at radius 1 is 1.47 bits per heavy atom. The molecule has 1 saturated heterocycles. The number of H-pyrrole nitrogens is 1. The van der Waals surface area contributed by atoms with Gasteiger partial charge in [-0.2, -0.15) is 0 Å². The summed E-state index contributed by atoms with van der Waals surface area (Å²) in [4.78, 5) is 30.5. The van der Waals surface area contributed by atoms with E-state index in [4.69, 9.17) is 0 Å². The zero-order valence-corrected chi connectivity index (χ0v) is 12.3. The summed E-state index contributed by atoms with van der Waals surface area (Å²) in [5.41, 5.74) is 1.10. The third-order valence-corrected chi connectivity index (χ3v) is 12.7. The molecular formula is C13H13IN2O3. The summed E-state index contributed by atoms with van der Waals surface area (Å²) in [6.07, 6.45) is 0.615. The quantitative estimate of drug-likeness (QED) is 0.617. The maximum absolute atomic E-state index is 12.1. The number of fused-ring (bicyclic) bond motifs is 1. The average molecular weight is 372 g/mol. The first-order chi connectivity index (χ1) is 9.02. The van der Waals surface area contributed by atoms with Crippen LogP contribution < -0.4 is 5.56 Å². The molecule has 0 bridgehead atoms. The van der Waals surface area contributed by atoms with Crippen LogP contribution in [0.2, 0.25) is 0 Å². The first kappa shape index (κ1) is 12.5. The van der Waals surface area contributed by atoms with Gasteiger partial charge in [0, 0.05) is 0 Å². The van der Waals surface area contributed by atoms with Crippen LogP contribution in [0.5, 0.6) is 0 Å². The number of aromatic amines is 1. The van der Waals surface area contributed by atoms with Crippen LogP contribution in [0.15, 0.2) is 29.1 Å². The molecule has 1 aliphatic heterocycles. The molecule has 2 N–H and O–H groups in total. The van der Waals surface area contributed by atoms with Crippen molar-refractivity contribution < 1.29 is 9.90 Å². The molecule has 2 heterocycles. The number of hydrogen-bond donors (Lipinski definition) is 2. The number of nitrogens with one attached hydrogen (secondary N) is 1. The van der Waals surface area contributed by atoms with Crippen molar-refractivity contribution in [2.45, 2.75) is 10.3 Å². The fraction of sp³-hybridized carbons (Fsp3) is 0.231. The molecule has 6 heteroatoms. The van der Waals surface area contributed by atoms with E-state index in [0.29, 0.717) is 21.2 Å². The number of carboxylic acid groups (broad SMARTS) is 1. The van der Waals surface area contributed by atoms with Gasteiger partial charge in [-0.25, -0.2) is 0 Å². The van der Waals surface area contributed by atoms with E-state index in [1.54, 1.807) is 6.07 Å². The van der Waals surface area contributed by atoms with Gasteiger partial charge in [0.15, 0.2) is 0 Å². The van der Waals surface area contributed by atoms with Gasteiger partial charge >= 0.3 is 112 Å². The summed E-state index contributed by atoms with van der Waals surface area (Å²) in [5.74, 6) is -0.841. The first-order valence-corrected chi connectivity index (χ1v) is 11.2. The monoisotopic (exact) mass is 372 g/mol. The Morgan fingerprint density at radius 2 is 2.21 bits per heavy atom. The van der Waals surface area contributed by atoms with Gasteiger partial charge in [-0.1, -0.05) is 0 Å². The Labute approximate surface area is 112 Å². The number of nitrogens with zero attached hydrogens (tertiary/aromatic N) is 1. The van der Waals surface area contributed by atoms with E-state index < -0.39 is 27.9 Å². The molecule has 2 aromatic rings. The second kappa shape index (κ2) is 4.22. The van der Waals surface area contributed by atoms with E-state index in [9.17, 15) is 14.7 Å². The number of para-hydroxylation sites is 2. The van der Waals surface area contributed by atoms with Crippen LogP contribution in [0.1, 0.15) is 6.42 Å². The van der Waals surface area contributed by atoms with Crippen LogP contribution in [0.3, 0.4) is 0 Å². The second-order valence-electron chi connectivity index (χ2n) is 4.53. The molecule has 1 aliphatic rings. The van der Waals surface area contributed by atoms with Crippen LogP contribution in [-0.2, 0) is 4.79 Å². The predicted octanol–water partition coefficient (Wildman–Crippen LogP) is 1.42. The number of aliphatic carboxylic acids is 1. The van der Waals surface area contributed by atoms with Gasteiger partial charge in [0.05, 0.1) is 0 Å². The van der Waals surface area contributed by atoms with E-state index in [2.05, 4.69) is 14.5 Å². The zero-order valence-electron chi connectivity index (χ0n) is 10.1. The van der Waals surface area contributed by atoms with Gasteiger partial charge in [0.2, 0.25) is 0 Å². The normalized spacial score (nSPS) is 29.4. The predicted molar refractivity (Wildman–Crippen MR) is 83.1 cm³/mol. The molecule has 5 nitrogen and oxygen atoms in total. The van der Waals surface area contributed by atoms with Crippen LogP contribution in [0, 0.1) is 3.70 Å². The second-order valence-corrected chi connectivity index (χ2v) is 13.1. The minimum atomic E-state index is -3.01. The topological polar surface area (TPSA) is 83.0 Å². The molecule has 1 aromatic heterocycles. The standard InChI is InChI=1S/C13H13IN2O3/c1-14(7-6-8(14)13(18)19)11-12(17)16-10-5-3-2-4-9(10)15-11/h2-5,8H,1,6-7H2,(H,16,17)(H,18,19)/t8-/m0/s1. The van der Waals surface area contributed by atoms with Gasteiger partial charge in [0.1, 0.15) is 0 Å². The van der Waals surface area contributed by atoms with E-state index in [1.165, 1.54) is 0 Å². The van der Waals surface area contributed by atoms with E-state index >= 15 is 0 Å². The summed E-state index contributed by atoms with van der Waals surface area (Å²) >= 11 is -3.01. The van der Waals surface area contributed by atoms with Crippen molar-refractivity contribution in [3.63, 3.8) is 0 Å². The average Bonchev–Trinajstić information content (AvgIpc) is 2.35. The van der Waals surface area contributed by atoms with Crippen molar-refractivity contribution in [3.8, 4) is 0 Å². The van der Waals surface area contributed by atoms with E-state index in [0.717, 1.165) is 4.43 Å². The Morgan fingerprint density at radius 3 is 2.84 bits per heavy atom. The molecule has 0 radical (unpaired) electrons. The Hall–Kier alpha value is -1.57. The number of alkyl halides is 2. The molecule has 0 aliphatic carbocycles. The van der Waals surface area contributed by atoms with Gasteiger partial charge in [-0.15, -0.1) is 0 Å². The van der Waals surface area contributed by atoms with Crippen molar-refractivity contribution >= 4 is 39.5 Å². The molecule has 0 amide bonds. The van der Waals surface area contributed by atoms with Crippen molar-refractivity contribution in [1.29, 1.82) is 0 Å². The molecule has 100 valence electrons. The molecule has 1 unspecified atom stereocenters. The molecule has 2 atom stereocenters. The molecule has 1 fully saturated rings. The number of carbonyl (C=O) groups is 1. The maximum atomic E-state index is 12.1. The third kappa shape index (κ3) is 1.81. The van der Waals surface area contributed by atoms with Gasteiger partial charge in [-0.3, -0.25) is 0 Å². The molecule has 0 saturated carbocycles. The summed E-state index contributed by atoms with van der Waals surface area (Å²) in [5, 5.41) is 9.20. The Balaban J connectivity index is 2.21. The fourth-order valence-corrected chi connectivity index (χ4v) is 9.10. The van der Waals surface area contributed by atoms with Crippen molar-refractivity contribution in [3.05, 3.63) is 38.3 Å². The summed E-state index contributed by atoms with van der Waals surface area (Å²) < 4.78 is 4.83. The van der Waals surface area contributed by atoms with Crippen LogP contribution >= 0.6 is 18.0 Å². The number of hydrogen-bond acceptors (Lipinski definition) is 3. The van der Waals surface area contributed by atoms with Crippen LogP contribution in [0.25, 0.3) is 11.0 Å². The summed E-state index contributed by atoms with van der Waals surface area (Å²) in [6.45, 7) is 0. The van der Waals surface area contributed by atoms with Gasteiger partial charge < -0.3 is 0 Å². The van der Waals surface area contributed by atoms with E-state index in [-0.39, 0.29) is 5.56 Å². The summed E-state index contributed by atoms with van der Waals surface area (Å²) in [7, 11) is 0. The molecule has 3 rings (SSSR count). The number of carboxylic acids is 1.